The van der Waals surface area contributed by atoms with Crippen molar-refractivity contribution in [2.24, 2.45) is 10.3 Å². The van der Waals surface area contributed by atoms with Gasteiger partial charge in [0.25, 0.3) is 6.43 Å². The van der Waals surface area contributed by atoms with Gasteiger partial charge >= 0.3 is 0 Å². The maximum absolute atomic E-state index is 13.5. The van der Waals surface area contributed by atoms with E-state index < -0.39 is 16.3 Å². The number of alkyl halides is 2. The smallest absolute Gasteiger partial charge is 0.281 e. The summed E-state index contributed by atoms with van der Waals surface area (Å²) >= 11 is 6.05. The zero-order valence-electron chi connectivity index (χ0n) is 20.6. The summed E-state index contributed by atoms with van der Waals surface area (Å²) in [5.41, 5.74) is 2.91. The molecule has 0 fully saturated rings. The molecule has 0 unspecified atom stereocenters. The van der Waals surface area contributed by atoms with E-state index in [-0.39, 0.29) is 17.1 Å². The molecule has 0 atom stereocenters. The molecule has 1 aromatic heterocycles. The monoisotopic (exact) mass is 555 g/mol. The summed E-state index contributed by atoms with van der Waals surface area (Å²) in [6.07, 6.45) is 0.980. The van der Waals surface area contributed by atoms with Crippen molar-refractivity contribution in [3.8, 4) is 16.8 Å². The third-order valence-electron chi connectivity index (χ3n) is 5.72. The van der Waals surface area contributed by atoms with Gasteiger partial charge in [-0.3, -0.25) is 0 Å². The van der Waals surface area contributed by atoms with Gasteiger partial charge in [0.1, 0.15) is 11.5 Å². The van der Waals surface area contributed by atoms with Gasteiger partial charge in [-0.25, -0.2) is 27.2 Å². The number of aromatic nitrogens is 2. The Kier molecular flexibility index (Phi) is 8.03. The predicted octanol–water partition coefficient (Wildman–Crippen LogP) is 7.36. The number of rotatable bonds is 9. The first-order valence-electron chi connectivity index (χ1n) is 11.4. The third-order valence-corrected chi connectivity index (χ3v) is 7.08. The van der Waals surface area contributed by atoms with Crippen LogP contribution < -0.4 is 5.01 Å². The number of sulfone groups is 1. The molecular formula is C27H24ClF2N5O2S. The number of anilines is 1. The van der Waals surface area contributed by atoms with Crippen molar-refractivity contribution in [3.63, 3.8) is 0 Å². The van der Waals surface area contributed by atoms with Gasteiger partial charge in [-0.2, -0.15) is 0 Å². The summed E-state index contributed by atoms with van der Waals surface area (Å²) in [5.74, 6) is 0.362. The Balaban J connectivity index is 1.92. The summed E-state index contributed by atoms with van der Waals surface area (Å²) in [5, 5.41) is 10.5. The van der Waals surface area contributed by atoms with E-state index in [0.29, 0.717) is 33.3 Å². The minimum absolute atomic E-state index is 0.178. The molecule has 11 heteroatoms. The van der Waals surface area contributed by atoms with Gasteiger partial charge < -0.3 is 4.57 Å². The largest absolute Gasteiger partial charge is 0.301 e. The van der Waals surface area contributed by atoms with Crippen molar-refractivity contribution < 1.29 is 17.2 Å². The van der Waals surface area contributed by atoms with Crippen molar-refractivity contribution in [3.05, 3.63) is 108 Å². The molecule has 0 aliphatic carbocycles. The Hall–Kier alpha value is -3.89. The fourth-order valence-electron chi connectivity index (χ4n) is 3.89. The van der Waals surface area contributed by atoms with Crippen LogP contribution in [-0.2, 0) is 16.4 Å². The van der Waals surface area contributed by atoms with Crippen LogP contribution in [0, 0.1) is 6.92 Å². The lowest BCUT2D eigenvalue weighted by molar-refractivity contribution is 0.146. The van der Waals surface area contributed by atoms with Gasteiger partial charge in [0, 0.05) is 23.7 Å². The van der Waals surface area contributed by atoms with E-state index in [9.17, 15) is 17.2 Å². The van der Waals surface area contributed by atoms with Gasteiger partial charge in [-0.15, -0.1) is 5.11 Å². The molecule has 1 heterocycles. The zero-order chi connectivity index (χ0) is 27.4. The van der Waals surface area contributed by atoms with E-state index >= 15 is 0 Å². The molecule has 0 radical (unpaired) electrons. The van der Waals surface area contributed by atoms with E-state index in [4.69, 9.17) is 11.6 Å². The number of halogens is 3. The average molecular weight is 556 g/mol. The standard InChI is InChI=1S/C27H24ClF2N5O2S/c1-4-31-33-35(16-19-8-11-22(28)12-9-19)26-15-21(20-6-5-7-23(14-20)38(3,36)37)10-13-25(26)34-17-24(27(29)30)32-18(34)2/h4-15,17,27H,1,16H2,2-3H3/b33-31-. The normalized spacial score (nSPS) is 11.8. The molecular weight excluding hydrogens is 532 g/mol. The summed E-state index contributed by atoms with van der Waals surface area (Å²) in [6.45, 7) is 5.50. The van der Waals surface area contributed by atoms with Gasteiger partial charge in [0.2, 0.25) is 0 Å². The zero-order valence-corrected chi connectivity index (χ0v) is 22.2. The Bertz CT molecular complexity index is 1600. The molecule has 7 nitrogen and oxygen atoms in total. The predicted molar refractivity (Wildman–Crippen MR) is 144 cm³/mol. The lowest BCUT2D eigenvalue weighted by atomic mass is 10.0. The first kappa shape index (κ1) is 27.2. The van der Waals surface area contributed by atoms with E-state index in [1.54, 1.807) is 65.0 Å². The van der Waals surface area contributed by atoms with E-state index in [1.807, 2.05) is 12.1 Å². The fraction of sp³-hybridized carbons (Fsp3) is 0.148. The number of benzene rings is 3. The maximum Gasteiger partial charge on any atom is 0.281 e. The van der Waals surface area contributed by atoms with Crippen molar-refractivity contribution >= 4 is 27.1 Å². The first-order valence-corrected chi connectivity index (χ1v) is 13.7. The number of aryl methyl sites for hydroxylation is 1. The Labute approximate surface area is 224 Å². The van der Waals surface area contributed by atoms with Crippen LogP contribution in [0.5, 0.6) is 0 Å². The van der Waals surface area contributed by atoms with Gasteiger partial charge in [0.15, 0.2) is 9.84 Å². The number of hydrogen-bond acceptors (Lipinski definition) is 5. The van der Waals surface area contributed by atoms with Crippen LogP contribution in [0.15, 0.2) is 101 Å². The van der Waals surface area contributed by atoms with Crippen molar-refractivity contribution in [2.45, 2.75) is 24.8 Å². The molecule has 196 valence electrons. The fourth-order valence-corrected chi connectivity index (χ4v) is 4.68. The molecule has 38 heavy (non-hydrogen) atoms. The van der Waals surface area contributed by atoms with Crippen LogP contribution in [0.2, 0.25) is 5.02 Å². The minimum atomic E-state index is -3.43. The van der Waals surface area contributed by atoms with Crippen LogP contribution >= 0.6 is 11.6 Å². The number of nitrogens with zero attached hydrogens (tertiary/aromatic N) is 5. The van der Waals surface area contributed by atoms with Crippen LogP contribution in [0.25, 0.3) is 16.8 Å². The molecule has 4 rings (SSSR count). The highest BCUT2D eigenvalue weighted by atomic mass is 35.5. The second-order valence-corrected chi connectivity index (χ2v) is 10.9. The average Bonchev–Trinajstić information content (AvgIpc) is 3.28. The number of hydrogen-bond donors (Lipinski definition) is 0. The molecule has 0 aliphatic rings. The Morgan fingerprint density at radius 1 is 1.11 bits per heavy atom. The van der Waals surface area contributed by atoms with E-state index in [0.717, 1.165) is 11.8 Å². The molecule has 0 amide bonds. The van der Waals surface area contributed by atoms with Crippen LogP contribution in [0.3, 0.4) is 0 Å². The Morgan fingerprint density at radius 2 is 1.82 bits per heavy atom. The highest BCUT2D eigenvalue weighted by molar-refractivity contribution is 7.90. The molecule has 4 aromatic rings. The summed E-state index contributed by atoms with van der Waals surface area (Å²) in [6, 6.07) is 19.1. The third kappa shape index (κ3) is 6.15. The van der Waals surface area contributed by atoms with Gasteiger partial charge in [-0.1, -0.05) is 53.7 Å². The summed E-state index contributed by atoms with van der Waals surface area (Å²) in [7, 11) is -3.43. The molecule has 0 N–H and O–H groups in total. The lowest BCUT2D eigenvalue weighted by Crippen LogP contribution is -2.17. The summed E-state index contributed by atoms with van der Waals surface area (Å²) in [4.78, 5) is 4.18. The second-order valence-electron chi connectivity index (χ2n) is 8.46. The summed E-state index contributed by atoms with van der Waals surface area (Å²) < 4.78 is 52.8. The van der Waals surface area contributed by atoms with Crippen LogP contribution in [0.4, 0.5) is 14.5 Å². The SMILES string of the molecule is C=C/N=N\N(Cc1ccc(Cl)cc1)c1cc(-c2cccc(S(C)(=O)=O)c2)ccc1-n1cc(C(F)F)nc1C. The Morgan fingerprint density at radius 3 is 2.45 bits per heavy atom. The van der Waals surface area contributed by atoms with E-state index in [2.05, 4.69) is 21.9 Å². The molecule has 3 aromatic carbocycles. The minimum Gasteiger partial charge on any atom is -0.301 e. The molecule has 0 saturated heterocycles. The molecule has 0 bridgehead atoms. The van der Waals surface area contributed by atoms with Gasteiger partial charge in [-0.05, 0) is 60.0 Å². The first-order chi connectivity index (χ1) is 18.1. The van der Waals surface area contributed by atoms with Gasteiger partial charge in [0.05, 0.1) is 22.8 Å². The molecule has 0 spiro atoms. The number of imidazole rings is 1. The molecule has 0 aliphatic heterocycles. The highest BCUT2D eigenvalue weighted by Crippen LogP contribution is 2.34. The highest BCUT2D eigenvalue weighted by Gasteiger charge is 2.20. The van der Waals surface area contributed by atoms with Crippen molar-refractivity contribution in [1.82, 2.24) is 9.55 Å². The lowest BCUT2D eigenvalue weighted by Gasteiger charge is -2.23. The van der Waals surface area contributed by atoms with Crippen molar-refractivity contribution in [2.75, 3.05) is 11.3 Å². The quantitative estimate of drug-likeness (QED) is 0.160. The van der Waals surface area contributed by atoms with Crippen LogP contribution in [-0.4, -0.2) is 24.2 Å². The van der Waals surface area contributed by atoms with Crippen molar-refractivity contribution in [1.29, 1.82) is 0 Å². The molecule has 0 saturated carbocycles. The topological polar surface area (TPSA) is 79.9 Å². The maximum atomic E-state index is 13.5. The second kappa shape index (κ2) is 11.2. The van der Waals surface area contributed by atoms with Crippen LogP contribution in [0.1, 0.15) is 23.5 Å². The van der Waals surface area contributed by atoms with E-state index in [1.165, 1.54) is 18.5 Å².